The first kappa shape index (κ1) is 13.9. The normalized spacial score (nSPS) is 34.4. The van der Waals surface area contributed by atoms with Gasteiger partial charge in [-0.25, -0.2) is 0 Å². The Kier molecular flexibility index (Phi) is 3.72. The van der Waals surface area contributed by atoms with Crippen molar-refractivity contribution in [3.8, 4) is 0 Å². The molecule has 1 aliphatic heterocycles. The summed E-state index contributed by atoms with van der Waals surface area (Å²) >= 11 is 0. The minimum Gasteiger partial charge on any atom is -0.322 e. The number of amides is 1. The van der Waals surface area contributed by atoms with Gasteiger partial charge < -0.3 is 4.90 Å². The molecule has 3 unspecified atom stereocenters. The van der Waals surface area contributed by atoms with Crippen LogP contribution in [0.25, 0.3) is 0 Å². The molecular weight excluding hydrogens is 224 g/mol. The van der Waals surface area contributed by atoms with Gasteiger partial charge in [-0.15, -0.1) is 0 Å². The summed E-state index contributed by atoms with van der Waals surface area (Å²) < 4.78 is 0. The van der Waals surface area contributed by atoms with E-state index in [0.717, 1.165) is 25.7 Å². The van der Waals surface area contributed by atoms with Crippen molar-refractivity contribution >= 4 is 5.91 Å². The molecule has 0 aromatic rings. The molecule has 1 amide bonds. The van der Waals surface area contributed by atoms with Crippen molar-refractivity contribution in [1.82, 2.24) is 10.2 Å². The molecular formula is C15H28N2O. The second kappa shape index (κ2) is 4.84. The van der Waals surface area contributed by atoms with E-state index in [0.29, 0.717) is 23.3 Å². The number of nitrogens with one attached hydrogen (secondary N) is 1. The van der Waals surface area contributed by atoms with E-state index in [9.17, 15) is 4.79 Å². The quantitative estimate of drug-likeness (QED) is 0.816. The molecule has 0 spiro atoms. The van der Waals surface area contributed by atoms with E-state index in [-0.39, 0.29) is 12.2 Å². The van der Waals surface area contributed by atoms with E-state index in [4.69, 9.17) is 0 Å². The Morgan fingerprint density at radius 3 is 2.50 bits per heavy atom. The molecule has 0 aromatic carbocycles. The first-order valence-electron chi connectivity index (χ1n) is 7.45. The zero-order valence-electron chi connectivity index (χ0n) is 12.5. The summed E-state index contributed by atoms with van der Waals surface area (Å²) in [5, 5.41) is 3.56. The Bertz CT molecular complexity index is 324. The zero-order valence-corrected chi connectivity index (χ0v) is 12.5. The Morgan fingerprint density at radius 1 is 1.44 bits per heavy atom. The van der Waals surface area contributed by atoms with Gasteiger partial charge in [-0.3, -0.25) is 10.1 Å². The fraction of sp³-hybridized carbons (Fsp3) is 0.933. The van der Waals surface area contributed by atoms with Gasteiger partial charge in [-0.05, 0) is 30.6 Å². The molecule has 2 rings (SSSR count). The summed E-state index contributed by atoms with van der Waals surface area (Å²) in [5.41, 5.74) is 0.329. The molecule has 3 atom stereocenters. The van der Waals surface area contributed by atoms with Crippen LogP contribution in [-0.2, 0) is 4.79 Å². The molecule has 1 N–H and O–H groups in total. The van der Waals surface area contributed by atoms with Gasteiger partial charge in [-0.1, -0.05) is 41.0 Å². The topological polar surface area (TPSA) is 32.3 Å². The van der Waals surface area contributed by atoms with Crippen LogP contribution in [-0.4, -0.2) is 29.1 Å². The SMILES string of the molecule is CCCC1NC(CC(C)C)C(=O)N1C1CC1(C)C. The molecule has 1 saturated heterocycles. The lowest BCUT2D eigenvalue weighted by molar-refractivity contribution is -0.131. The summed E-state index contributed by atoms with van der Waals surface area (Å²) in [6.07, 6.45) is 4.60. The highest BCUT2D eigenvalue weighted by atomic mass is 16.2. The first-order chi connectivity index (χ1) is 8.36. The number of carbonyl (C=O) groups excluding carboxylic acids is 1. The minimum absolute atomic E-state index is 0.0537. The Morgan fingerprint density at radius 2 is 2.06 bits per heavy atom. The van der Waals surface area contributed by atoms with Crippen LogP contribution in [0.5, 0.6) is 0 Å². The van der Waals surface area contributed by atoms with Crippen LogP contribution in [0.3, 0.4) is 0 Å². The van der Waals surface area contributed by atoms with Gasteiger partial charge in [0.1, 0.15) is 0 Å². The molecule has 2 aliphatic rings. The molecule has 3 nitrogen and oxygen atoms in total. The number of nitrogens with zero attached hydrogens (tertiary/aromatic N) is 1. The fourth-order valence-electron chi connectivity index (χ4n) is 3.14. The molecule has 3 heteroatoms. The lowest BCUT2D eigenvalue weighted by Gasteiger charge is -2.25. The van der Waals surface area contributed by atoms with Crippen molar-refractivity contribution in [1.29, 1.82) is 0 Å². The number of hydrogen-bond donors (Lipinski definition) is 1. The van der Waals surface area contributed by atoms with Crippen molar-refractivity contribution in [2.45, 2.75) is 78.6 Å². The maximum atomic E-state index is 12.6. The van der Waals surface area contributed by atoms with Gasteiger partial charge in [-0.2, -0.15) is 0 Å². The maximum absolute atomic E-state index is 12.6. The lowest BCUT2D eigenvalue weighted by Crippen LogP contribution is -2.40. The van der Waals surface area contributed by atoms with Crippen molar-refractivity contribution in [2.75, 3.05) is 0 Å². The molecule has 0 aromatic heterocycles. The van der Waals surface area contributed by atoms with Gasteiger partial charge in [0.25, 0.3) is 0 Å². The molecule has 0 radical (unpaired) electrons. The fourth-order valence-corrected chi connectivity index (χ4v) is 3.14. The summed E-state index contributed by atoms with van der Waals surface area (Å²) in [5.74, 6) is 0.915. The van der Waals surface area contributed by atoms with E-state index >= 15 is 0 Å². The van der Waals surface area contributed by atoms with Crippen LogP contribution < -0.4 is 5.32 Å². The van der Waals surface area contributed by atoms with Gasteiger partial charge in [0, 0.05) is 6.04 Å². The van der Waals surface area contributed by atoms with E-state index in [1.807, 2.05) is 0 Å². The predicted molar refractivity (Wildman–Crippen MR) is 74.1 cm³/mol. The highest BCUT2D eigenvalue weighted by Gasteiger charge is 2.55. The summed E-state index contributed by atoms with van der Waals surface area (Å²) in [6, 6.07) is 0.518. The predicted octanol–water partition coefficient (Wildman–Crippen LogP) is 2.76. The lowest BCUT2D eigenvalue weighted by atomic mass is 10.0. The van der Waals surface area contributed by atoms with Crippen LogP contribution in [0.2, 0.25) is 0 Å². The number of carbonyl (C=O) groups is 1. The maximum Gasteiger partial charge on any atom is 0.241 e. The van der Waals surface area contributed by atoms with Gasteiger partial charge >= 0.3 is 0 Å². The zero-order chi connectivity index (χ0) is 13.5. The van der Waals surface area contributed by atoms with E-state index in [1.54, 1.807) is 0 Å². The van der Waals surface area contributed by atoms with E-state index in [1.165, 1.54) is 0 Å². The second-order valence-electron chi connectivity index (χ2n) is 7.11. The van der Waals surface area contributed by atoms with Crippen LogP contribution in [0.15, 0.2) is 0 Å². The first-order valence-corrected chi connectivity index (χ1v) is 7.45. The summed E-state index contributed by atoms with van der Waals surface area (Å²) in [7, 11) is 0. The van der Waals surface area contributed by atoms with E-state index in [2.05, 4.69) is 44.8 Å². The molecule has 1 heterocycles. The van der Waals surface area contributed by atoms with Crippen LogP contribution in [0.1, 0.15) is 60.3 Å². The Hall–Kier alpha value is -0.570. The molecule has 0 bridgehead atoms. The third-order valence-electron chi connectivity index (χ3n) is 4.35. The van der Waals surface area contributed by atoms with Crippen LogP contribution in [0, 0.1) is 11.3 Å². The van der Waals surface area contributed by atoms with Crippen molar-refractivity contribution in [3.63, 3.8) is 0 Å². The van der Waals surface area contributed by atoms with Gasteiger partial charge in [0.15, 0.2) is 0 Å². The third kappa shape index (κ3) is 2.56. The van der Waals surface area contributed by atoms with Crippen molar-refractivity contribution < 1.29 is 4.79 Å². The summed E-state index contributed by atoms with van der Waals surface area (Å²) in [6.45, 7) is 11.1. The highest BCUT2D eigenvalue weighted by Crippen LogP contribution is 2.50. The standard InChI is InChI=1S/C15H28N2O/c1-6-7-13-16-11(8-10(2)3)14(18)17(13)12-9-15(12,4)5/h10-13,16H,6-9H2,1-5H3. The van der Waals surface area contributed by atoms with Crippen LogP contribution in [0.4, 0.5) is 0 Å². The molecule has 1 saturated carbocycles. The third-order valence-corrected chi connectivity index (χ3v) is 4.35. The second-order valence-corrected chi connectivity index (χ2v) is 7.11. The average molecular weight is 252 g/mol. The molecule has 104 valence electrons. The van der Waals surface area contributed by atoms with Crippen LogP contribution >= 0.6 is 0 Å². The monoisotopic (exact) mass is 252 g/mol. The largest absolute Gasteiger partial charge is 0.322 e. The minimum atomic E-state index is 0.0537. The highest BCUT2D eigenvalue weighted by molar-refractivity contribution is 5.85. The Balaban J connectivity index is 2.08. The smallest absolute Gasteiger partial charge is 0.241 e. The number of rotatable bonds is 5. The molecule has 1 aliphatic carbocycles. The average Bonchev–Trinajstić information content (AvgIpc) is 2.75. The van der Waals surface area contributed by atoms with E-state index < -0.39 is 0 Å². The van der Waals surface area contributed by atoms with Crippen molar-refractivity contribution in [2.24, 2.45) is 11.3 Å². The molecule has 18 heavy (non-hydrogen) atoms. The summed E-state index contributed by atoms with van der Waals surface area (Å²) in [4.78, 5) is 14.7. The van der Waals surface area contributed by atoms with Gasteiger partial charge in [0.05, 0.1) is 12.2 Å². The Labute approximate surface area is 111 Å². The number of hydrogen-bond acceptors (Lipinski definition) is 2. The van der Waals surface area contributed by atoms with Crippen molar-refractivity contribution in [3.05, 3.63) is 0 Å². The van der Waals surface area contributed by atoms with Gasteiger partial charge in [0.2, 0.25) is 5.91 Å². The molecule has 2 fully saturated rings.